The summed E-state index contributed by atoms with van der Waals surface area (Å²) in [7, 11) is 0. The molecule has 0 bridgehead atoms. The van der Waals surface area contributed by atoms with Gasteiger partial charge < -0.3 is 26.2 Å². The molecule has 0 rings (SSSR count). The standard InChI is InChI=1S/C11H23NO4/c1-8(13)5-9(14)3-2-4-10(15)6-11(16)7-12/h9-11,13-16H,1-7,12H2. The molecule has 0 radical (unpaired) electrons. The van der Waals surface area contributed by atoms with Gasteiger partial charge in [0.1, 0.15) is 0 Å². The zero-order valence-electron chi connectivity index (χ0n) is 9.55. The fourth-order valence-corrected chi connectivity index (χ4v) is 1.49. The number of rotatable bonds is 9. The van der Waals surface area contributed by atoms with Crippen molar-refractivity contribution in [1.82, 2.24) is 0 Å². The van der Waals surface area contributed by atoms with Crippen molar-refractivity contribution in [1.29, 1.82) is 0 Å². The zero-order chi connectivity index (χ0) is 12.6. The van der Waals surface area contributed by atoms with Gasteiger partial charge in [0, 0.05) is 19.4 Å². The third-order valence-electron chi connectivity index (χ3n) is 2.36. The Morgan fingerprint density at radius 2 is 1.62 bits per heavy atom. The van der Waals surface area contributed by atoms with Gasteiger partial charge in [-0.05, 0) is 19.3 Å². The minimum atomic E-state index is -0.669. The van der Waals surface area contributed by atoms with Crippen LogP contribution in [0.4, 0.5) is 0 Å². The third-order valence-corrected chi connectivity index (χ3v) is 2.36. The SMILES string of the molecule is C=C(O)CC(O)CCCC(O)CC(O)CN. The largest absolute Gasteiger partial charge is 0.513 e. The highest BCUT2D eigenvalue weighted by atomic mass is 16.3. The van der Waals surface area contributed by atoms with Crippen LogP contribution in [0.1, 0.15) is 32.1 Å². The second-order valence-electron chi connectivity index (χ2n) is 4.13. The first kappa shape index (κ1) is 15.4. The van der Waals surface area contributed by atoms with Crippen LogP contribution in [0.2, 0.25) is 0 Å². The van der Waals surface area contributed by atoms with Crippen molar-refractivity contribution in [2.45, 2.75) is 50.4 Å². The van der Waals surface area contributed by atoms with Gasteiger partial charge in [0.2, 0.25) is 0 Å². The Hall–Kier alpha value is -0.620. The van der Waals surface area contributed by atoms with Gasteiger partial charge in [-0.15, -0.1) is 0 Å². The summed E-state index contributed by atoms with van der Waals surface area (Å²) in [5.74, 6) is -0.0356. The second-order valence-corrected chi connectivity index (χ2v) is 4.13. The molecule has 96 valence electrons. The number of nitrogens with two attached hydrogens (primary N) is 1. The molecule has 0 aromatic rings. The van der Waals surface area contributed by atoms with E-state index >= 15 is 0 Å². The van der Waals surface area contributed by atoms with E-state index in [0.717, 1.165) is 0 Å². The molecule has 0 amide bonds. The van der Waals surface area contributed by atoms with Gasteiger partial charge in [-0.2, -0.15) is 0 Å². The smallest absolute Gasteiger partial charge is 0.0876 e. The molecule has 0 fully saturated rings. The van der Waals surface area contributed by atoms with Crippen LogP contribution in [0.5, 0.6) is 0 Å². The van der Waals surface area contributed by atoms with Crippen molar-refractivity contribution in [2.24, 2.45) is 5.73 Å². The van der Waals surface area contributed by atoms with Crippen LogP contribution >= 0.6 is 0 Å². The molecule has 0 aromatic carbocycles. The summed E-state index contributed by atoms with van der Waals surface area (Å²) in [6.07, 6.45) is 0.180. The summed E-state index contributed by atoms with van der Waals surface area (Å²) in [5.41, 5.74) is 5.21. The molecule has 0 aliphatic rings. The molecule has 0 heterocycles. The Morgan fingerprint density at radius 1 is 1.06 bits per heavy atom. The summed E-state index contributed by atoms with van der Waals surface area (Å²) in [5, 5.41) is 36.9. The molecular weight excluding hydrogens is 210 g/mol. The van der Waals surface area contributed by atoms with Gasteiger partial charge in [-0.3, -0.25) is 0 Å². The van der Waals surface area contributed by atoms with Crippen LogP contribution in [-0.2, 0) is 0 Å². The lowest BCUT2D eigenvalue weighted by molar-refractivity contribution is 0.0738. The summed E-state index contributed by atoms with van der Waals surface area (Å²) >= 11 is 0. The highest BCUT2D eigenvalue weighted by molar-refractivity contribution is 4.82. The van der Waals surface area contributed by atoms with Crippen LogP contribution in [0.25, 0.3) is 0 Å². The molecule has 3 atom stereocenters. The normalized spacial score (nSPS) is 16.8. The fraction of sp³-hybridized carbons (Fsp3) is 0.818. The minimum Gasteiger partial charge on any atom is -0.513 e. The second kappa shape index (κ2) is 8.52. The molecule has 16 heavy (non-hydrogen) atoms. The monoisotopic (exact) mass is 233 g/mol. The lowest BCUT2D eigenvalue weighted by Crippen LogP contribution is -2.25. The molecule has 5 heteroatoms. The van der Waals surface area contributed by atoms with Gasteiger partial charge in [0.25, 0.3) is 0 Å². The predicted octanol–water partition coefficient (Wildman–Crippen LogP) is 0.0500. The van der Waals surface area contributed by atoms with E-state index in [9.17, 15) is 15.3 Å². The topological polar surface area (TPSA) is 107 Å². The molecule has 0 aliphatic carbocycles. The van der Waals surface area contributed by atoms with Gasteiger partial charge >= 0.3 is 0 Å². The Morgan fingerprint density at radius 3 is 2.12 bits per heavy atom. The van der Waals surface area contributed by atoms with E-state index in [0.29, 0.717) is 19.3 Å². The van der Waals surface area contributed by atoms with Crippen molar-refractivity contribution in [2.75, 3.05) is 6.54 Å². The van der Waals surface area contributed by atoms with Crippen molar-refractivity contribution in [3.63, 3.8) is 0 Å². The van der Waals surface area contributed by atoms with E-state index < -0.39 is 18.3 Å². The average molecular weight is 233 g/mol. The maximum absolute atomic E-state index is 9.48. The summed E-state index contributed by atoms with van der Waals surface area (Å²) in [4.78, 5) is 0. The summed E-state index contributed by atoms with van der Waals surface area (Å²) in [6.45, 7) is 3.43. The summed E-state index contributed by atoms with van der Waals surface area (Å²) < 4.78 is 0. The first-order valence-electron chi connectivity index (χ1n) is 5.56. The number of aliphatic hydroxyl groups excluding tert-OH is 4. The van der Waals surface area contributed by atoms with Crippen LogP contribution in [0.3, 0.4) is 0 Å². The molecule has 0 spiro atoms. The Kier molecular flexibility index (Phi) is 8.19. The lowest BCUT2D eigenvalue weighted by atomic mass is 10.0. The van der Waals surface area contributed by atoms with Crippen molar-refractivity contribution in [3.8, 4) is 0 Å². The first-order valence-corrected chi connectivity index (χ1v) is 5.56. The zero-order valence-corrected chi connectivity index (χ0v) is 9.55. The molecule has 6 N–H and O–H groups in total. The van der Waals surface area contributed by atoms with Gasteiger partial charge in [-0.1, -0.05) is 6.58 Å². The number of aliphatic hydroxyl groups is 4. The molecule has 0 saturated carbocycles. The first-order chi connectivity index (χ1) is 7.45. The average Bonchev–Trinajstić information content (AvgIpc) is 2.16. The van der Waals surface area contributed by atoms with Crippen molar-refractivity contribution < 1.29 is 20.4 Å². The van der Waals surface area contributed by atoms with Crippen molar-refractivity contribution in [3.05, 3.63) is 12.3 Å². The Balaban J connectivity index is 3.53. The maximum atomic E-state index is 9.48. The molecule has 5 nitrogen and oxygen atoms in total. The van der Waals surface area contributed by atoms with Gasteiger partial charge in [0.15, 0.2) is 0 Å². The minimum absolute atomic E-state index is 0.0356. The number of hydrogen-bond acceptors (Lipinski definition) is 5. The highest BCUT2D eigenvalue weighted by Crippen LogP contribution is 2.11. The fourth-order valence-electron chi connectivity index (χ4n) is 1.49. The lowest BCUT2D eigenvalue weighted by Gasteiger charge is -2.15. The van der Waals surface area contributed by atoms with Crippen LogP contribution < -0.4 is 5.73 Å². The quantitative estimate of drug-likeness (QED) is 0.362. The van der Waals surface area contributed by atoms with E-state index in [-0.39, 0.29) is 25.1 Å². The van der Waals surface area contributed by atoms with E-state index in [1.165, 1.54) is 0 Å². The van der Waals surface area contributed by atoms with Crippen LogP contribution in [0, 0.1) is 0 Å². The predicted molar refractivity (Wildman–Crippen MR) is 61.9 cm³/mol. The Bertz CT molecular complexity index is 198. The molecule has 0 aromatic heterocycles. The van der Waals surface area contributed by atoms with Crippen LogP contribution in [-0.4, -0.2) is 45.3 Å². The highest BCUT2D eigenvalue weighted by Gasteiger charge is 2.12. The Labute approximate surface area is 96.2 Å². The van der Waals surface area contributed by atoms with Gasteiger partial charge in [-0.25, -0.2) is 0 Å². The van der Waals surface area contributed by atoms with E-state index in [4.69, 9.17) is 10.8 Å². The van der Waals surface area contributed by atoms with Crippen LogP contribution in [0.15, 0.2) is 12.3 Å². The van der Waals surface area contributed by atoms with Crippen molar-refractivity contribution >= 4 is 0 Å². The molecular formula is C11H23NO4. The van der Waals surface area contributed by atoms with Gasteiger partial charge in [0.05, 0.1) is 24.1 Å². The molecule has 3 unspecified atom stereocenters. The third kappa shape index (κ3) is 8.67. The van der Waals surface area contributed by atoms with E-state index in [1.807, 2.05) is 0 Å². The summed E-state index contributed by atoms with van der Waals surface area (Å²) in [6, 6.07) is 0. The maximum Gasteiger partial charge on any atom is 0.0876 e. The molecule has 0 aliphatic heterocycles. The van der Waals surface area contributed by atoms with E-state index in [2.05, 4.69) is 6.58 Å². The number of hydrogen-bond donors (Lipinski definition) is 5. The molecule has 0 saturated heterocycles. The van der Waals surface area contributed by atoms with E-state index in [1.54, 1.807) is 0 Å².